The standard InChI is InChI=1S/C11H11IO4/c1-3-15-11(14)9-5-4-8(12)6-10(9)16-7(2)13/h4-6H,3H2,1-2H3. The maximum Gasteiger partial charge on any atom is 0.341 e. The molecule has 0 bridgehead atoms. The van der Waals surface area contributed by atoms with E-state index in [1.165, 1.54) is 6.92 Å². The fourth-order valence-corrected chi connectivity index (χ4v) is 1.58. The molecule has 0 atom stereocenters. The zero-order valence-corrected chi connectivity index (χ0v) is 11.1. The summed E-state index contributed by atoms with van der Waals surface area (Å²) in [6, 6.07) is 4.95. The summed E-state index contributed by atoms with van der Waals surface area (Å²) in [4.78, 5) is 22.4. The van der Waals surface area contributed by atoms with Crippen LogP contribution in [0.25, 0.3) is 0 Å². The molecule has 0 aliphatic carbocycles. The van der Waals surface area contributed by atoms with E-state index < -0.39 is 11.9 Å². The topological polar surface area (TPSA) is 52.6 Å². The van der Waals surface area contributed by atoms with E-state index in [4.69, 9.17) is 9.47 Å². The number of halogens is 1. The smallest absolute Gasteiger partial charge is 0.341 e. The molecule has 16 heavy (non-hydrogen) atoms. The molecular weight excluding hydrogens is 323 g/mol. The van der Waals surface area contributed by atoms with E-state index in [9.17, 15) is 9.59 Å². The summed E-state index contributed by atoms with van der Waals surface area (Å²) < 4.78 is 10.7. The first-order valence-electron chi connectivity index (χ1n) is 4.69. The van der Waals surface area contributed by atoms with Gasteiger partial charge in [-0.15, -0.1) is 0 Å². The average Bonchev–Trinajstić information content (AvgIpc) is 2.16. The van der Waals surface area contributed by atoms with Gasteiger partial charge in [-0.3, -0.25) is 4.79 Å². The molecule has 4 nitrogen and oxygen atoms in total. The number of benzene rings is 1. The molecular formula is C11H11IO4. The number of esters is 2. The molecule has 0 spiro atoms. The number of hydrogen-bond donors (Lipinski definition) is 0. The van der Waals surface area contributed by atoms with Gasteiger partial charge in [-0.05, 0) is 47.7 Å². The Morgan fingerprint density at radius 1 is 1.38 bits per heavy atom. The van der Waals surface area contributed by atoms with Crippen molar-refractivity contribution in [1.82, 2.24) is 0 Å². The quantitative estimate of drug-likeness (QED) is 0.484. The number of carbonyl (C=O) groups is 2. The molecule has 0 N–H and O–H groups in total. The first-order valence-corrected chi connectivity index (χ1v) is 5.77. The van der Waals surface area contributed by atoms with Crippen LogP contribution in [-0.4, -0.2) is 18.5 Å². The Morgan fingerprint density at radius 3 is 2.62 bits per heavy atom. The summed E-state index contributed by atoms with van der Waals surface area (Å²) in [5.74, 6) is -0.722. The van der Waals surface area contributed by atoms with Crippen molar-refractivity contribution in [3.05, 3.63) is 27.3 Å². The molecule has 0 radical (unpaired) electrons. The van der Waals surface area contributed by atoms with Crippen LogP contribution in [0.3, 0.4) is 0 Å². The molecule has 0 heterocycles. The molecule has 0 aliphatic heterocycles. The summed E-state index contributed by atoms with van der Waals surface area (Å²) >= 11 is 2.07. The van der Waals surface area contributed by atoms with Crippen LogP contribution in [0.5, 0.6) is 5.75 Å². The largest absolute Gasteiger partial charge is 0.462 e. The van der Waals surface area contributed by atoms with Gasteiger partial charge in [-0.25, -0.2) is 4.79 Å². The van der Waals surface area contributed by atoms with E-state index in [2.05, 4.69) is 22.6 Å². The lowest BCUT2D eigenvalue weighted by molar-refractivity contribution is -0.131. The minimum absolute atomic E-state index is 0.234. The van der Waals surface area contributed by atoms with Gasteiger partial charge < -0.3 is 9.47 Å². The van der Waals surface area contributed by atoms with E-state index in [1.807, 2.05) is 0 Å². The maximum absolute atomic E-state index is 11.5. The predicted octanol–water partition coefficient (Wildman–Crippen LogP) is 2.39. The number of hydrogen-bond acceptors (Lipinski definition) is 4. The highest BCUT2D eigenvalue weighted by Gasteiger charge is 2.15. The lowest BCUT2D eigenvalue weighted by Gasteiger charge is -2.08. The van der Waals surface area contributed by atoms with Gasteiger partial charge in [0.15, 0.2) is 0 Å². The highest BCUT2D eigenvalue weighted by molar-refractivity contribution is 14.1. The van der Waals surface area contributed by atoms with Crippen molar-refractivity contribution < 1.29 is 19.1 Å². The van der Waals surface area contributed by atoms with Crippen molar-refractivity contribution in [2.75, 3.05) is 6.61 Å². The first kappa shape index (κ1) is 13.0. The van der Waals surface area contributed by atoms with Gasteiger partial charge >= 0.3 is 11.9 Å². The predicted molar refractivity (Wildman–Crippen MR) is 66.4 cm³/mol. The van der Waals surface area contributed by atoms with Gasteiger partial charge in [0.2, 0.25) is 0 Å². The second-order valence-electron chi connectivity index (χ2n) is 2.95. The molecule has 0 aromatic heterocycles. The van der Waals surface area contributed by atoms with E-state index in [0.29, 0.717) is 0 Å². The van der Waals surface area contributed by atoms with Crippen molar-refractivity contribution in [2.45, 2.75) is 13.8 Å². The third-order valence-electron chi connectivity index (χ3n) is 1.69. The lowest BCUT2D eigenvalue weighted by atomic mass is 10.2. The SMILES string of the molecule is CCOC(=O)c1ccc(I)cc1OC(C)=O. The Morgan fingerprint density at radius 2 is 2.06 bits per heavy atom. The minimum Gasteiger partial charge on any atom is -0.462 e. The minimum atomic E-state index is -0.491. The molecule has 0 aliphatic rings. The van der Waals surface area contributed by atoms with Gasteiger partial charge in [-0.1, -0.05) is 0 Å². The van der Waals surface area contributed by atoms with Crippen LogP contribution in [-0.2, 0) is 9.53 Å². The molecule has 0 saturated heterocycles. The number of carbonyl (C=O) groups excluding carboxylic acids is 2. The first-order chi connectivity index (χ1) is 7.54. The summed E-state index contributed by atoms with van der Waals surface area (Å²) in [6.45, 7) is 3.29. The van der Waals surface area contributed by atoms with Gasteiger partial charge in [0.05, 0.1) is 6.61 Å². The van der Waals surface area contributed by atoms with Crippen molar-refractivity contribution in [3.8, 4) is 5.75 Å². The summed E-state index contributed by atoms with van der Waals surface area (Å²) in [5.41, 5.74) is 0.262. The second-order valence-corrected chi connectivity index (χ2v) is 4.20. The normalized spacial score (nSPS) is 9.69. The third kappa shape index (κ3) is 3.48. The van der Waals surface area contributed by atoms with Crippen molar-refractivity contribution in [2.24, 2.45) is 0 Å². The lowest BCUT2D eigenvalue weighted by Crippen LogP contribution is -2.10. The molecule has 5 heteroatoms. The molecule has 0 saturated carbocycles. The molecule has 0 unspecified atom stereocenters. The average molecular weight is 334 g/mol. The van der Waals surface area contributed by atoms with Crippen LogP contribution in [0.4, 0.5) is 0 Å². The summed E-state index contributed by atoms with van der Waals surface area (Å²) in [6.07, 6.45) is 0. The van der Waals surface area contributed by atoms with Crippen LogP contribution in [0.1, 0.15) is 24.2 Å². The number of ether oxygens (including phenoxy) is 2. The molecule has 0 amide bonds. The zero-order chi connectivity index (χ0) is 12.1. The second kappa shape index (κ2) is 5.83. The highest BCUT2D eigenvalue weighted by atomic mass is 127. The van der Waals surface area contributed by atoms with Crippen molar-refractivity contribution >= 4 is 34.5 Å². The fraction of sp³-hybridized carbons (Fsp3) is 0.273. The maximum atomic E-state index is 11.5. The van der Waals surface area contributed by atoms with E-state index in [0.717, 1.165) is 3.57 Å². The van der Waals surface area contributed by atoms with Crippen molar-refractivity contribution in [3.63, 3.8) is 0 Å². The molecule has 0 fully saturated rings. The zero-order valence-electron chi connectivity index (χ0n) is 8.95. The van der Waals surface area contributed by atoms with Crippen LogP contribution in [0, 0.1) is 3.57 Å². The van der Waals surface area contributed by atoms with Crippen LogP contribution < -0.4 is 4.74 Å². The van der Waals surface area contributed by atoms with Gasteiger partial charge in [0, 0.05) is 10.5 Å². The number of rotatable bonds is 3. The summed E-state index contributed by atoms with van der Waals surface area (Å²) in [7, 11) is 0. The van der Waals surface area contributed by atoms with E-state index in [1.54, 1.807) is 25.1 Å². The monoisotopic (exact) mass is 334 g/mol. The Labute approximate surface area is 107 Å². The van der Waals surface area contributed by atoms with E-state index in [-0.39, 0.29) is 17.9 Å². The Bertz CT molecular complexity index is 414. The Hall–Kier alpha value is -1.11. The molecule has 1 aromatic rings. The van der Waals surface area contributed by atoms with Crippen LogP contribution in [0.15, 0.2) is 18.2 Å². The Kier molecular flexibility index (Phi) is 4.72. The molecule has 1 aromatic carbocycles. The van der Waals surface area contributed by atoms with Gasteiger partial charge in [-0.2, -0.15) is 0 Å². The van der Waals surface area contributed by atoms with Crippen LogP contribution >= 0.6 is 22.6 Å². The van der Waals surface area contributed by atoms with E-state index >= 15 is 0 Å². The Balaban J connectivity index is 3.06. The third-order valence-corrected chi connectivity index (χ3v) is 2.36. The summed E-state index contributed by atoms with van der Waals surface area (Å²) in [5, 5.41) is 0. The van der Waals surface area contributed by atoms with Crippen LogP contribution in [0.2, 0.25) is 0 Å². The highest BCUT2D eigenvalue weighted by Crippen LogP contribution is 2.22. The fourth-order valence-electron chi connectivity index (χ4n) is 1.11. The van der Waals surface area contributed by atoms with Gasteiger partial charge in [0.1, 0.15) is 11.3 Å². The van der Waals surface area contributed by atoms with Gasteiger partial charge in [0.25, 0.3) is 0 Å². The molecule has 86 valence electrons. The molecule has 1 rings (SSSR count). The van der Waals surface area contributed by atoms with Crippen molar-refractivity contribution in [1.29, 1.82) is 0 Å².